The number of aromatic carboxylic acids is 1. The first-order chi connectivity index (χ1) is 29.7. The van der Waals surface area contributed by atoms with E-state index in [0.29, 0.717) is 0 Å². The first-order valence-corrected chi connectivity index (χ1v) is 21.2. The van der Waals surface area contributed by atoms with Gasteiger partial charge in [0.25, 0.3) is 0 Å². The van der Waals surface area contributed by atoms with E-state index in [0.717, 1.165) is 44.5 Å². The van der Waals surface area contributed by atoms with Crippen molar-refractivity contribution in [3.05, 3.63) is 214 Å². The molecule has 0 saturated carbocycles. The van der Waals surface area contributed by atoms with Crippen molar-refractivity contribution in [2.24, 2.45) is 0 Å². The summed E-state index contributed by atoms with van der Waals surface area (Å²) in [5.74, 6) is 0.924. The van der Waals surface area contributed by atoms with E-state index < -0.39 is 11.6 Å². The zero-order chi connectivity index (χ0) is 43.3. The number of hydrogen-bond acceptors (Lipinski definition) is 4. The topological polar surface area (TPSA) is 85.8 Å². The zero-order valence-corrected chi connectivity index (χ0v) is 40.9. The van der Waals surface area contributed by atoms with E-state index in [1.807, 2.05) is 12.1 Å². The van der Waals surface area contributed by atoms with Gasteiger partial charge in [-0.15, -0.1) is 0 Å². The molecule has 314 valence electrons. The van der Waals surface area contributed by atoms with Crippen molar-refractivity contribution < 1.29 is 76.2 Å². The second-order valence-electron chi connectivity index (χ2n) is 17.8. The van der Waals surface area contributed by atoms with E-state index in [1.165, 1.54) is 60.9 Å². The van der Waals surface area contributed by atoms with E-state index in [4.69, 9.17) is 14.6 Å². The number of hydrogen-bond donors (Lipinski definition) is 1. The predicted octanol–water partition coefficient (Wildman–Crippen LogP) is 11.7. The minimum Gasteiger partial charge on any atom is -0.870 e. The Morgan fingerprint density at radius 2 is 0.750 bits per heavy atom. The van der Waals surface area contributed by atoms with Gasteiger partial charge in [0.05, 0.1) is 5.56 Å². The average Bonchev–Trinajstić information content (AvgIpc) is 3.25. The zero-order valence-electron chi connectivity index (χ0n) is 37.8. The van der Waals surface area contributed by atoms with Gasteiger partial charge in [-0.1, -0.05) is 126 Å². The number of benzene rings is 8. The summed E-state index contributed by atoms with van der Waals surface area (Å²) in [5, 5.41) is 13.8. The Kier molecular flexibility index (Phi) is 13.4. The molecule has 2 aliphatic rings. The maximum atomic E-state index is 11.2. The maximum absolute atomic E-state index is 11.2. The molecule has 0 unspecified atom stereocenters. The predicted molar refractivity (Wildman–Crippen MR) is 258 cm³/mol. The van der Waals surface area contributed by atoms with Crippen LogP contribution in [0.25, 0.3) is 54.9 Å². The van der Waals surface area contributed by atoms with Gasteiger partial charge in [0, 0.05) is 11.1 Å². The van der Waals surface area contributed by atoms with Gasteiger partial charge in [-0.2, -0.15) is 0 Å². The Balaban J connectivity index is 0.000000186. The molecule has 0 saturated heterocycles. The summed E-state index contributed by atoms with van der Waals surface area (Å²) in [6.45, 7) is 14.7. The van der Waals surface area contributed by atoms with Crippen molar-refractivity contribution in [3.8, 4) is 33.8 Å². The molecule has 64 heavy (non-hydrogen) atoms. The van der Waals surface area contributed by atoms with Crippen LogP contribution in [0.15, 0.2) is 170 Å². The van der Waals surface area contributed by atoms with Gasteiger partial charge in [0.2, 0.25) is 0 Å². The second kappa shape index (κ2) is 18.5. The minimum atomic E-state index is -0.917. The largest absolute Gasteiger partial charge is 1.00 e. The number of fused-ring (bicyclic) bond motifs is 4. The molecule has 0 atom stereocenters. The van der Waals surface area contributed by atoms with Crippen LogP contribution >= 0.6 is 0 Å². The molecule has 2 N–H and O–H groups in total. The van der Waals surface area contributed by atoms with Gasteiger partial charge in [0.15, 0.2) is 0 Å². The van der Waals surface area contributed by atoms with Crippen LogP contribution in [0.2, 0.25) is 0 Å². The smallest absolute Gasteiger partial charge is 0.870 e. The van der Waals surface area contributed by atoms with Crippen LogP contribution in [0.5, 0.6) is 11.5 Å². The van der Waals surface area contributed by atoms with Gasteiger partial charge in [0.1, 0.15) is 22.7 Å². The summed E-state index contributed by atoms with van der Waals surface area (Å²) in [4.78, 5) is 11.2. The first kappa shape index (κ1) is 46.4. The normalized spacial score (nSPS) is 14.1. The molecule has 0 amide bonds. The Morgan fingerprint density at radius 3 is 1.11 bits per heavy atom. The third-order valence-electron chi connectivity index (χ3n) is 11.8. The number of carboxylic acids is 1. The molecular weight excluding hydrogens is 816 g/mol. The van der Waals surface area contributed by atoms with Crippen molar-refractivity contribution >= 4 is 38.7 Å². The monoisotopic (exact) mass is 866 g/mol. The summed E-state index contributed by atoms with van der Waals surface area (Å²) in [5.41, 5.74) is 14.9. The Hall–Kier alpha value is -5.57. The van der Waals surface area contributed by atoms with Gasteiger partial charge >= 0.3 is 57.4 Å². The minimum absolute atomic E-state index is 0. The number of aryl methyl sites for hydroxylation is 3. The number of carboxylic acid groups (broad SMARTS) is 1. The fourth-order valence-corrected chi connectivity index (χ4v) is 8.47. The molecule has 0 aliphatic carbocycles. The van der Waals surface area contributed by atoms with Crippen LogP contribution in [0.1, 0.15) is 77.0 Å². The molecule has 2 aliphatic heterocycles. The quantitative estimate of drug-likeness (QED) is 0.174. The van der Waals surface area contributed by atoms with Gasteiger partial charge in [-0.05, 0) is 175 Å². The molecular formula is C58H51KO5. The third-order valence-corrected chi connectivity index (χ3v) is 11.8. The molecule has 8 aromatic rings. The summed E-state index contributed by atoms with van der Waals surface area (Å²) >= 11 is 0. The molecule has 10 rings (SSSR count). The van der Waals surface area contributed by atoms with Crippen LogP contribution in [0.4, 0.5) is 0 Å². The van der Waals surface area contributed by atoms with E-state index in [1.54, 1.807) is 12.1 Å². The number of rotatable bonds is 5. The Bertz CT molecular complexity index is 3080. The van der Waals surface area contributed by atoms with Gasteiger partial charge < -0.3 is 20.1 Å². The van der Waals surface area contributed by atoms with Crippen molar-refractivity contribution in [2.75, 3.05) is 0 Å². The molecule has 0 bridgehead atoms. The molecule has 6 heteroatoms. The molecule has 0 radical (unpaired) electrons. The van der Waals surface area contributed by atoms with Crippen molar-refractivity contribution in [3.63, 3.8) is 0 Å². The third kappa shape index (κ3) is 9.88. The second-order valence-corrected chi connectivity index (χ2v) is 17.8. The molecule has 0 aromatic heterocycles. The Morgan fingerprint density at radius 1 is 0.422 bits per heavy atom. The average molecular weight is 867 g/mol. The van der Waals surface area contributed by atoms with Crippen LogP contribution in [-0.4, -0.2) is 27.8 Å². The molecule has 5 nitrogen and oxygen atoms in total. The summed E-state index contributed by atoms with van der Waals surface area (Å²) < 4.78 is 12.7. The number of carbonyl (C=O) groups is 1. The standard InChI is InChI=1S/C29H24O3.C29H26O.K.H2O/c1-18-4-6-20(7-5-18)26-17-29(2,3)32-27-16-23-13-12-22(14-24(23)15-25(26)27)19-8-10-21(11-9-19)28(30)31;1-19-5-9-21(10-6-19)23-13-14-24-17-28-26(16-25(24)15-23)27(18-29(3,4)30-28)22-11-7-20(2)8-12-22;;/h4-17H,1-3H3,(H,30,31);5-18H,1-4H3;;1H2/q;;+1;/p-1. The van der Waals surface area contributed by atoms with Gasteiger partial charge in [-0.3, -0.25) is 0 Å². The van der Waals surface area contributed by atoms with E-state index in [-0.39, 0.29) is 68.0 Å². The molecule has 2 heterocycles. The van der Waals surface area contributed by atoms with Crippen molar-refractivity contribution in [2.45, 2.75) is 59.7 Å². The van der Waals surface area contributed by atoms with Crippen LogP contribution in [-0.2, 0) is 0 Å². The summed E-state index contributed by atoms with van der Waals surface area (Å²) in [7, 11) is 0. The fourth-order valence-electron chi connectivity index (χ4n) is 8.47. The van der Waals surface area contributed by atoms with Crippen molar-refractivity contribution in [1.82, 2.24) is 0 Å². The Labute approximate surface area is 418 Å². The van der Waals surface area contributed by atoms with Crippen LogP contribution < -0.4 is 60.9 Å². The number of ether oxygens (including phenoxy) is 2. The van der Waals surface area contributed by atoms with Gasteiger partial charge in [-0.25, -0.2) is 4.79 Å². The summed E-state index contributed by atoms with van der Waals surface area (Å²) in [6, 6.07) is 54.8. The van der Waals surface area contributed by atoms with Crippen LogP contribution in [0, 0.1) is 20.8 Å². The molecule has 0 fully saturated rings. The van der Waals surface area contributed by atoms with E-state index in [2.05, 4.69) is 194 Å². The molecule has 0 spiro atoms. The SMILES string of the molecule is Cc1ccc(C2=CC(C)(C)Oc3cc4ccc(-c5ccc(C(=O)O)cc5)cc4cc32)cc1.Cc1ccc(C2=CC(C)(C)Oc3cc4ccc(-c5ccc(C)cc5)cc4cc32)cc1.[K+].[OH-]. The first-order valence-electron chi connectivity index (χ1n) is 21.2. The van der Waals surface area contributed by atoms with Crippen molar-refractivity contribution in [1.29, 1.82) is 0 Å². The van der Waals surface area contributed by atoms with Crippen LogP contribution in [0.3, 0.4) is 0 Å². The summed E-state index contributed by atoms with van der Waals surface area (Å²) in [6.07, 6.45) is 4.44. The van der Waals surface area contributed by atoms with E-state index >= 15 is 0 Å². The molecule has 8 aromatic carbocycles. The maximum Gasteiger partial charge on any atom is 1.00 e. The fraction of sp³-hybridized carbons (Fsp3) is 0.155. The van der Waals surface area contributed by atoms with E-state index in [9.17, 15) is 4.79 Å².